The topological polar surface area (TPSA) is 47.7 Å². The summed E-state index contributed by atoms with van der Waals surface area (Å²) in [6.45, 7) is 6.86. The number of aromatic nitrogens is 1. The summed E-state index contributed by atoms with van der Waals surface area (Å²) in [4.78, 5) is 2.60. The standard InChI is InChI=1S/C21H28N2O3/c1-15(10-17-7-8-19-21(12-17)25-14-24-19)13-23-9-5-3-4-6-18(23)20-11-16(2)22-26-20/h7-8,11-12,15,18H,3-6,9-10,13-14H2,1-2H3. The van der Waals surface area contributed by atoms with E-state index in [4.69, 9.17) is 14.0 Å². The third kappa shape index (κ3) is 3.88. The predicted molar refractivity (Wildman–Crippen MR) is 99.5 cm³/mol. The van der Waals surface area contributed by atoms with Gasteiger partial charge in [-0.3, -0.25) is 4.90 Å². The first-order chi connectivity index (χ1) is 12.7. The van der Waals surface area contributed by atoms with Crippen molar-refractivity contribution >= 4 is 0 Å². The Morgan fingerprint density at radius 2 is 2.04 bits per heavy atom. The minimum atomic E-state index is 0.334. The van der Waals surface area contributed by atoms with Gasteiger partial charge in [-0.2, -0.15) is 0 Å². The maximum Gasteiger partial charge on any atom is 0.231 e. The van der Waals surface area contributed by atoms with Crippen LogP contribution in [0.25, 0.3) is 0 Å². The molecule has 0 saturated carbocycles. The van der Waals surface area contributed by atoms with Crippen LogP contribution in [0.4, 0.5) is 0 Å². The summed E-state index contributed by atoms with van der Waals surface area (Å²) < 4.78 is 16.5. The van der Waals surface area contributed by atoms with Crippen LogP contribution in [-0.2, 0) is 6.42 Å². The lowest BCUT2D eigenvalue weighted by Gasteiger charge is -2.30. The van der Waals surface area contributed by atoms with Crippen molar-refractivity contribution in [3.05, 3.63) is 41.3 Å². The number of likely N-dealkylation sites (tertiary alicyclic amines) is 1. The maximum absolute atomic E-state index is 5.62. The molecule has 2 aliphatic rings. The molecule has 2 aromatic rings. The summed E-state index contributed by atoms with van der Waals surface area (Å²) in [5.41, 5.74) is 2.28. The van der Waals surface area contributed by atoms with Gasteiger partial charge in [-0.25, -0.2) is 0 Å². The minimum Gasteiger partial charge on any atom is -0.454 e. The number of ether oxygens (including phenoxy) is 2. The number of fused-ring (bicyclic) bond motifs is 1. The Balaban J connectivity index is 1.43. The maximum atomic E-state index is 5.62. The van der Waals surface area contributed by atoms with E-state index in [1.54, 1.807) is 0 Å². The number of rotatable bonds is 5. The molecule has 2 atom stereocenters. The summed E-state index contributed by atoms with van der Waals surface area (Å²) in [5.74, 6) is 3.31. The lowest BCUT2D eigenvalue weighted by Crippen LogP contribution is -2.33. The Kier molecular flexibility index (Phi) is 5.16. The SMILES string of the molecule is Cc1cc(C2CCCCCN2CC(C)Cc2ccc3c(c2)OCO3)on1. The zero-order valence-electron chi connectivity index (χ0n) is 15.7. The van der Waals surface area contributed by atoms with E-state index in [9.17, 15) is 0 Å². The molecule has 1 aromatic carbocycles. The van der Waals surface area contributed by atoms with Crippen molar-refractivity contribution in [1.29, 1.82) is 0 Å². The van der Waals surface area contributed by atoms with E-state index in [0.29, 0.717) is 18.8 Å². The molecule has 0 aliphatic carbocycles. The van der Waals surface area contributed by atoms with Crippen LogP contribution in [0, 0.1) is 12.8 Å². The van der Waals surface area contributed by atoms with Crippen LogP contribution in [0.2, 0.25) is 0 Å². The summed E-state index contributed by atoms with van der Waals surface area (Å²) in [5, 5.41) is 4.11. The molecule has 140 valence electrons. The van der Waals surface area contributed by atoms with Crippen LogP contribution < -0.4 is 9.47 Å². The number of nitrogens with zero attached hydrogens (tertiary/aromatic N) is 2. The van der Waals surface area contributed by atoms with Crippen molar-refractivity contribution in [1.82, 2.24) is 10.1 Å². The van der Waals surface area contributed by atoms with Crippen LogP contribution in [-0.4, -0.2) is 29.9 Å². The van der Waals surface area contributed by atoms with Gasteiger partial charge in [0.15, 0.2) is 17.3 Å². The zero-order valence-corrected chi connectivity index (χ0v) is 15.7. The average Bonchev–Trinajstić information content (AvgIpc) is 3.19. The van der Waals surface area contributed by atoms with Crippen molar-refractivity contribution in [3.8, 4) is 11.5 Å². The minimum absolute atomic E-state index is 0.334. The molecule has 3 heterocycles. The van der Waals surface area contributed by atoms with E-state index in [-0.39, 0.29) is 0 Å². The first kappa shape index (κ1) is 17.4. The molecule has 2 aliphatic heterocycles. The smallest absolute Gasteiger partial charge is 0.231 e. The Morgan fingerprint density at radius 3 is 2.88 bits per heavy atom. The summed E-state index contributed by atoms with van der Waals surface area (Å²) in [7, 11) is 0. The Labute approximate surface area is 155 Å². The first-order valence-electron chi connectivity index (χ1n) is 9.75. The van der Waals surface area contributed by atoms with Crippen LogP contribution in [0.1, 0.15) is 55.7 Å². The Hall–Kier alpha value is -2.01. The van der Waals surface area contributed by atoms with Crippen molar-refractivity contribution in [2.75, 3.05) is 19.9 Å². The largest absolute Gasteiger partial charge is 0.454 e. The fourth-order valence-corrected chi connectivity index (χ4v) is 4.18. The highest BCUT2D eigenvalue weighted by molar-refractivity contribution is 5.44. The summed E-state index contributed by atoms with van der Waals surface area (Å²) >= 11 is 0. The summed E-state index contributed by atoms with van der Waals surface area (Å²) in [6, 6.07) is 8.77. The molecule has 0 N–H and O–H groups in total. The molecule has 1 aromatic heterocycles. The molecule has 1 saturated heterocycles. The normalized spacial score (nSPS) is 21.5. The molecule has 4 rings (SSSR count). The van der Waals surface area contributed by atoms with Gasteiger partial charge >= 0.3 is 0 Å². The molecule has 0 amide bonds. The van der Waals surface area contributed by atoms with Gasteiger partial charge in [0.2, 0.25) is 6.79 Å². The number of aryl methyl sites for hydroxylation is 1. The molecule has 1 fully saturated rings. The van der Waals surface area contributed by atoms with Gasteiger partial charge in [-0.05, 0) is 56.3 Å². The van der Waals surface area contributed by atoms with Gasteiger partial charge in [0.1, 0.15) is 0 Å². The van der Waals surface area contributed by atoms with Crippen LogP contribution >= 0.6 is 0 Å². The van der Waals surface area contributed by atoms with Gasteiger partial charge in [-0.15, -0.1) is 0 Å². The van der Waals surface area contributed by atoms with E-state index in [1.165, 1.54) is 24.8 Å². The van der Waals surface area contributed by atoms with E-state index < -0.39 is 0 Å². The lowest BCUT2D eigenvalue weighted by molar-refractivity contribution is 0.147. The Morgan fingerprint density at radius 1 is 1.15 bits per heavy atom. The van der Waals surface area contributed by atoms with Crippen molar-refractivity contribution in [3.63, 3.8) is 0 Å². The third-order valence-corrected chi connectivity index (χ3v) is 5.41. The van der Waals surface area contributed by atoms with Crippen molar-refractivity contribution < 1.29 is 14.0 Å². The van der Waals surface area contributed by atoms with Gasteiger partial charge in [0.25, 0.3) is 0 Å². The molecule has 5 heteroatoms. The number of hydrogen-bond donors (Lipinski definition) is 0. The molecule has 0 bridgehead atoms. The van der Waals surface area contributed by atoms with E-state index in [1.807, 2.05) is 13.0 Å². The molecule has 0 spiro atoms. The monoisotopic (exact) mass is 356 g/mol. The highest BCUT2D eigenvalue weighted by atomic mass is 16.7. The summed E-state index contributed by atoms with van der Waals surface area (Å²) in [6.07, 6.45) is 6.02. The van der Waals surface area contributed by atoms with E-state index >= 15 is 0 Å². The fourth-order valence-electron chi connectivity index (χ4n) is 4.18. The highest BCUT2D eigenvalue weighted by Gasteiger charge is 2.27. The quantitative estimate of drug-likeness (QED) is 0.789. The fraction of sp³-hybridized carbons (Fsp3) is 0.571. The lowest BCUT2D eigenvalue weighted by atomic mass is 9.98. The van der Waals surface area contributed by atoms with E-state index in [2.05, 4.69) is 35.2 Å². The number of hydrogen-bond acceptors (Lipinski definition) is 5. The molecular formula is C21H28N2O3. The first-order valence-corrected chi connectivity index (χ1v) is 9.75. The zero-order chi connectivity index (χ0) is 17.9. The molecular weight excluding hydrogens is 328 g/mol. The molecule has 5 nitrogen and oxygen atoms in total. The molecule has 26 heavy (non-hydrogen) atoms. The van der Waals surface area contributed by atoms with E-state index in [0.717, 1.165) is 48.9 Å². The van der Waals surface area contributed by atoms with Gasteiger partial charge in [0.05, 0.1) is 11.7 Å². The average molecular weight is 356 g/mol. The Bertz CT molecular complexity index is 743. The van der Waals surface area contributed by atoms with Gasteiger partial charge < -0.3 is 14.0 Å². The predicted octanol–water partition coefficient (Wildman–Crippen LogP) is 4.51. The van der Waals surface area contributed by atoms with Crippen molar-refractivity contribution in [2.24, 2.45) is 5.92 Å². The van der Waals surface area contributed by atoms with Crippen LogP contribution in [0.3, 0.4) is 0 Å². The van der Waals surface area contributed by atoms with Gasteiger partial charge in [0, 0.05) is 12.6 Å². The second-order valence-electron chi connectivity index (χ2n) is 7.73. The second kappa shape index (κ2) is 7.70. The van der Waals surface area contributed by atoms with Gasteiger partial charge in [-0.1, -0.05) is 31.0 Å². The third-order valence-electron chi connectivity index (χ3n) is 5.41. The van der Waals surface area contributed by atoms with Crippen LogP contribution in [0.5, 0.6) is 11.5 Å². The number of benzene rings is 1. The highest BCUT2D eigenvalue weighted by Crippen LogP contribution is 2.34. The molecule has 0 radical (unpaired) electrons. The van der Waals surface area contributed by atoms with Crippen LogP contribution in [0.15, 0.2) is 28.8 Å². The molecule has 2 unspecified atom stereocenters. The second-order valence-corrected chi connectivity index (χ2v) is 7.73. The van der Waals surface area contributed by atoms with Crippen molar-refractivity contribution in [2.45, 2.75) is 52.0 Å².